The number of morpholine rings is 1. The molecule has 142 valence electrons. The van der Waals surface area contributed by atoms with Gasteiger partial charge in [0.25, 0.3) is 0 Å². The van der Waals surface area contributed by atoms with Crippen LogP contribution >= 0.6 is 11.6 Å². The number of anilines is 3. The van der Waals surface area contributed by atoms with Crippen LogP contribution in [-0.4, -0.2) is 36.6 Å². The van der Waals surface area contributed by atoms with Gasteiger partial charge in [-0.3, -0.25) is 4.79 Å². The number of rotatable bonds is 4. The molecule has 5 nitrogen and oxygen atoms in total. The summed E-state index contributed by atoms with van der Waals surface area (Å²) in [6.45, 7) is 3.49. The van der Waals surface area contributed by atoms with Crippen LogP contribution < -0.4 is 10.2 Å². The van der Waals surface area contributed by atoms with Gasteiger partial charge >= 0.3 is 0 Å². The number of aryl methyl sites for hydroxylation is 1. The average molecular weight is 394 g/mol. The van der Waals surface area contributed by atoms with Crippen LogP contribution in [0.3, 0.4) is 0 Å². The zero-order valence-electron chi connectivity index (χ0n) is 15.5. The lowest BCUT2D eigenvalue weighted by Crippen LogP contribution is -2.38. The highest BCUT2D eigenvalue weighted by Crippen LogP contribution is 2.39. The largest absolute Gasteiger partial charge is 0.374 e. The van der Waals surface area contributed by atoms with E-state index in [0.29, 0.717) is 17.2 Å². The van der Waals surface area contributed by atoms with Crippen LogP contribution in [0, 0.1) is 6.92 Å². The fourth-order valence-corrected chi connectivity index (χ4v) is 4.54. The molecule has 2 unspecified atom stereocenters. The Morgan fingerprint density at radius 3 is 2.86 bits per heavy atom. The molecule has 0 saturated carbocycles. The fourth-order valence-electron chi connectivity index (χ4n) is 4.35. The minimum atomic E-state index is 0.225. The van der Waals surface area contributed by atoms with Gasteiger partial charge in [0.2, 0.25) is 0 Å². The van der Waals surface area contributed by atoms with Gasteiger partial charge in [0.05, 0.1) is 24.3 Å². The van der Waals surface area contributed by atoms with Crippen LogP contribution in [0.15, 0.2) is 42.5 Å². The second-order valence-corrected chi connectivity index (χ2v) is 7.88. The minimum absolute atomic E-state index is 0.225. The monoisotopic (exact) mass is 393 g/mol. The fraction of sp³-hybridized carbons (Fsp3) is 0.273. The molecule has 3 heterocycles. The van der Waals surface area contributed by atoms with Crippen molar-refractivity contribution in [2.24, 2.45) is 0 Å². The molecule has 0 spiro atoms. The molecule has 2 fully saturated rings. The topological polar surface area (TPSA) is 54.5 Å². The van der Waals surface area contributed by atoms with Gasteiger partial charge in [0.15, 0.2) is 6.29 Å². The van der Waals surface area contributed by atoms with Crippen molar-refractivity contribution in [2.75, 3.05) is 23.4 Å². The van der Waals surface area contributed by atoms with E-state index >= 15 is 0 Å². The van der Waals surface area contributed by atoms with Crippen molar-refractivity contribution in [3.63, 3.8) is 0 Å². The predicted octanol–water partition coefficient (Wildman–Crippen LogP) is 4.73. The third kappa shape index (κ3) is 2.82. The molecule has 1 aromatic heterocycles. The van der Waals surface area contributed by atoms with Crippen molar-refractivity contribution in [2.45, 2.75) is 25.5 Å². The summed E-state index contributed by atoms with van der Waals surface area (Å²) in [6.07, 6.45) is 2.15. The van der Waals surface area contributed by atoms with Gasteiger partial charge < -0.3 is 15.0 Å². The summed E-state index contributed by atoms with van der Waals surface area (Å²) in [5, 5.41) is 5.92. The zero-order chi connectivity index (χ0) is 19.3. The smallest absolute Gasteiger partial charge is 0.154 e. The van der Waals surface area contributed by atoms with Gasteiger partial charge in [0.1, 0.15) is 11.6 Å². The number of pyridine rings is 1. The molecule has 0 amide bonds. The zero-order valence-corrected chi connectivity index (χ0v) is 16.2. The van der Waals surface area contributed by atoms with E-state index in [1.54, 1.807) is 0 Å². The molecule has 2 saturated heterocycles. The lowest BCUT2D eigenvalue weighted by atomic mass is 10.0. The van der Waals surface area contributed by atoms with Crippen LogP contribution in [0.4, 0.5) is 17.3 Å². The highest BCUT2D eigenvalue weighted by Gasteiger charge is 2.41. The van der Waals surface area contributed by atoms with Crippen LogP contribution in [-0.2, 0) is 4.74 Å². The molecule has 28 heavy (non-hydrogen) atoms. The summed E-state index contributed by atoms with van der Waals surface area (Å²) in [4.78, 5) is 19.3. The van der Waals surface area contributed by atoms with Crippen LogP contribution in [0.2, 0.25) is 5.02 Å². The number of hydrogen-bond acceptors (Lipinski definition) is 5. The predicted molar refractivity (Wildman–Crippen MR) is 112 cm³/mol. The van der Waals surface area contributed by atoms with Crippen molar-refractivity contribution in [1.29, 1.82) is 0 Å². The molecule has 0 aliphatic carbocycles. The first-order chi connectivity index (χ1) is 13.6. The number of fused-ring (bicyclic) bond motifs is 3. The highest BCUT2D eigenvalue weighted by atomic mass is 35.5. The number of nitrogens with zero attached hydrogens (tertiary/aromatic N) is 2. The number of aldehydes is 1. The van der Waals surface area contributed by atoms with Gasteiger partial charge in [-0.2, -0.15) is 0 Å². The maximum atomic E-state index is 12.1. The summed E-state index contributed by atoms with van der Waals surface area (Å²) < 4.78 is 5.74. The van der Waals surface area contributed by atoms with E-state index in [2.05, 4.69) is 10.2 Å². The number of halogens is 1. The SMILES string of the molecule is Cc1cccc2c(Nc3cccc(Cl)c3)nc(N3CC4CC3CO4)c(C=O)c12. The first-order valence-electron chi connectivity index (χ1n) is 9.43. The number of carbonyl (C=O) groups excluding carboxylic acids is 1. The molecule has 2 aromatic carbocycles. The number of hydrogen-bond donors (Lipinski definition) is 1. The summed E-state index contributed by atoms with van der Waals surface area (Å²) in [7, 11) is 0. The quantitative estimate of drug-likeness (QED) is 0.649. The maximum Gasteiger partial charge on any atom is 0.154 e. The Hall–Kier alpha value is -2.63. The molecule has 2 bridgehead atoms. The van der Waals surface area contributed by atoms with E-state index in [-0.39, 0.29) is 12.1 Å². The van der Waals surface area contributed by atoms with Crippen molar-refractivity contribution < 1.29 is 9.53 Å². The first kappa shape index (κ1) is 17.5. The average Bonchev–Trinajstić information content (AvgIpc) is 3.32. The number of nitrogens with one attached hydrogen (secondary N) is 1. The normalized spacial score (nSPS) is 20.7. The summed E-state index contributed by atoms with van der Waals surface area (Å²) >= 11 is 6.15. The standard InChI is InChI=1S/C22H20ClN3O2/c1-13-4-2-7-18-20(13)19(11-27)22(26-10-17-9-16(26)12-28-17)25-21(18)24-15-6-3-5-14(23)8-15/h2-8,11,16-17H,9-10,12H2,1H3,(H,24,25). The minimum Gasteiger partial charge on any atom is -0.374 e. The van der Waals surface area contributed by atoms with Crippen molar-refractivity contribution >= 4 is 46.0 Å². The molecule has 3 aromatic rings. The van der Waals surface area contributed by atoms with Gasteiger partial charge in [-0.1, -0.05) is 35.9 Å². The molecule has 1 N–H and O–H groups in total. The summed E-state index contributed by atoms with van der Waals surface area (Å²) in [6, 6.07) is 13.8. The molecule has 2 atom stereocenters. The Labute approximate surface area is 168 Å². The number of ether oxygens (including phenoxy) is 1. The van der Waals surface area contributed by atoms with Gasteiger partial charge in [0, 0.05) is 28.0 Å². The third-order valence-corrected chi connectivity index (χ3v) is 5.87. The Morgan fingerprint density at radius 1 is 1.29 bits per heavy atom. The Morgan fingerprint density at radius 2 is 2.14 bits per heavy atom. The van der Waals surface area contributed by atoms with E-state index in [4.69, 9.17) is 21.3 Å². The molecule has 2 aliphatic heterocycles. The second kappa shape index (κ2) is 6.76. The molecule has 2 aliphatic rings. The molecule has 0 radical (unpaired) electrons. The molecule has 6 heteroatoms. The lowest BCUT2D eigenvalue weighted by molar-refractivity contribution is 0.0986. The van der Waals surface area contributed by atoms with Gasteiger partial charge in [-0.25, -0.2) is 4.98 Å². The van der Waals surface area contributed by atoms with Gasteiger partial charge in [-0.05, 0) is 37.1 Å². The Kier molecular flexibility index (Phi) is 4.22. The third-order valence-electron chi connectivity index (χ3n) is 5.63. The van der Waals surface area contributed by atoms with E-state index in [1.807, 2.05) is 49.4 Å². The summed E-state index contributed by atoms with van der Waals surface area (Å²) in [5.41, 5.74) is 2.56. The molecular weight excluding hydrogens is 374 g/mol. The van der Waals surface area contributed by atoms with Gasteiger partial charge in [-0.15, -0.1) is 0 Å². The molecular formula is C22H20ClN3O2. The lowest BCUT2D eigenvalue weighted by Gasteiger charge is -2.30. The van der Waals surface area contributed by atoms with Crippen molar-refractivity contribution in [3.8, 4) is 0 Å². The number of aromatic nitrogens is 1. The van der Waals surface area contributed by atoms with Crippen LogP contribution in [0.1, 0.15) is 22.3 Å². The highest BCUT2D eigenvalue weighted by molar-refractivity contribution is 6.30. The van der Waals surface area contributed by atoms with E-state index < -0.39 is 0 Å². The first-order valence-corrected chi connectivity index (χ1v) is 9.81. The van der Waals surface area contributed by atoms with Crippen LogP contribution in [0.5, 0.6) is 0 Å². The Balaban J connectivity index is 1.71. The second-order valence-electron chi connectivity index (χ2n) is 7.45. The number of carbonyl (C=O) groups is 1. The van der Waals surface area contributed by atoms with E-state index in [9.17, 15) is 4.79 Å². The van der Waals surface area contributed by atoms with Crippen molar-refractivity contribution in [1.82, 2.24) is 4.98 Å². The van der Waals surface area contributed by atoms with E-state index in [0.717, 1.165) is 52.9 Å². The molecule has 5 rings (SSSR count). The van der Waals surface area contributed by atoms with Crippen molar-refractivity contribution in [3.05, 3.63) is 58.6 Å². The maximum absolute atomic E-state index is 12.1. The summed E-state index contributed by atoms with van der Waals surface area (Å²) in [5.74, 6) is 1.46. The van der Waals surface area contributed by atoms with Crippen LogP contribution in [0.25, 0.3) is 10.8 Å². The number of benzene rings is 2. The Bertz CT molecular complexity index is 1080. The van der Waals surface area contributed by atoms with E-state index in [1.165, 1.54) is 0 Å².